The van der Waals surface area contributed by atoms with E-state index in [1.54, 1.807) is 4.31 Å². The van der Waals surface area contributed by atoms with E-state index in [1.165, 1.54) is 12.8 Å². The van der Waals surface area contributed by atoms with Crippen molar-refractivity contribution in [1.82, 2.24) is 14.3 Å². The molecule has 2 rings (SSSR count). The van der Waals surface area contributed by atoms with Gasteiger partial charge in [-0.25, -0.2) is 0 Å². The predicted octanol–water partition coefficient (Wildman–Crippen LogP) is 1.47. The van der Waals surface area contributed by atoms with Crippen molar-refractivity contribution >= 4 is 10.2 Å². The van der Waals surface area contributed by atoms with Crippen LogP contribution in [-0.4, -0.2) is 43.9 Å². The molecule has 118 valence electrons. The molecule has 0 amide bonds. The lowest BCUT2D eigenvalue weighted by Gasteiger charge is -2.34. The Kier molecular flexibility index (Phi) is 5.10. The molecule has 0 bridgehead atoms. The average molecular weight is 303 g/mol. The van der Waals surface area contributed by atoms with E-state index >= 15 is 0 Å². The van der Waals surface area contributed by atoms with E-state index in [-0.39, 0.29) is 5.54 Å². The molecule has 0 aromatic rings. The second-order valence-corrected chi connectivity index (χ2v) is 8.54. The molecule has 1 saturated carbocycles. The lowest BCUT2D eigenvalue weighted by atomic mass is 9.98. The van der Waals surface area contributed by atoms with Gasteiger partial charge in [0.25, 0.3) is 10.2 Å². The van der Waals surface area contributed by atoms with Gasteiger partial charge in [-0.1, -0.05) is 6.92 Å². The van der Waals surface area contributed by atoms with E-state index in [0.717, 1.165) is 31.8 Å². The first-order valence-electron chi connectivity index (χ1n) is 7.85. The van der Waals surface area contributed by atoms with E-state index in [0.29, 0.717) is 19.0 Å². The first-order valence-corrected chi connectivity index (χ1v) is 9.29. The SMILES string of the molecule is CCC(C)(C)NS(=O)(=O)N1CCC(CNC2CC2)CC1. The van der Waals surface area contributed by atoms with Crippen molar-refractivity contribution in [3.63, 3.8) is 0 Å². The molecule has 2 fully saturated rings. The van der Waals surface area contributed by atoms with Crippen molar-refractivity contribution < 1.29 is 8.42 Å². The van der Waals surface area contributed by atoms with Crippen LogP contribution in [0.15, 0.2) is 0 Å². The van der Waals surface area contributed by atoms with Crippen molar-refractivity contribution in [1.29, 1.82) is 0 Å². The number of rotatable bonds is 7. The van der Waals surface area contributed by atoms with Gasteiger partial charge in [-0.3, -0.25) is 0 Å². The maximum atomic E-state index is 12.3. The maximum absolute atomic E-state index is 12.3. The van der Waals surface area contributed by atoms with Gasteiger partial charge in [0.15, 0.2) is 0 Å². The van der Waals surface area contributed by atoms with E-state index in [1.807, 2.05) is 20.8 Å². The zero-order valence-corrected chi connectivity index (χ0v) is 13.8. The Morgan fingerprint density at radius 1 is 1.15 bits per heavy atom. The van der Waals surface area contributed by atoms with Crippen LogP contribution >= 0.6 is 0 Å². The molecule has 0 spiro atoms. The van der Waals surface area contributed by atoms with Gasteiger partial charge in [0.1, 0.15) is 0 Å². The number of nitrogens with zero attached hydrogens (tertiary/aromatic N) is 1. The maximum Gasteiger partial charge on any atom is 0.279 e. The van der Waals surface area contributed by atoms with Gasteiger partial charge in [0, 0.05) is 24.7 Å². The zero-order chi connectivity index (χ0) is 14.8. The highest BCUT2D eigenvalue weighted by atomic mass is 32.2. The lowest BCUT2D eigenvalue weighted by molar-refractivity contribution is 0.260. The highest BCUT2D eigenvalue weighted by molar-refractivity contribution is 7.87. The Morgan fingerprint density at radius 2 is 1.75 bits per heavy atom. The summed E-state index contributed by atoms with van der Waals surface area (Å²) in [6, 6.07) is 0.740. The summed E-state index contributed by atoms with van der Waals surface area (Å²) in [6.45, 7) is 8.19. The quantitative estimate of drug-likeness (QED) is 0.749. The highest BCUT2D eigenvalue weighted by Crippen LogP contribution is 2.23. The van der Waals surface area contributed by atoms with Crippen LogP contribution in [0.1, 0.15) is 52.9 Å². The van der Waals surface area contributed by atoms with Crippen molar-refractivity contribution in [3.05, 3.63) is 0 Å². The Bertz CT molecular complexity index is 410. The number of nitrogens with one attached hydrogen (secondary N) is 2. The molecule has 1 aliphatic heterocycles. The van der Waals surface area contributed by atoms with Gasteiger partial charge >= 0.3 is 0 Å². The molecule has 0 aromatic carbocycles. The summed E-state index contributed by atoms with van der Waals surface area (Å²) in [5.74, 6) is 0.626. The van der Waals surface area contributed by atoms with Crippen LogP contribution in [0.2, 0.25) is 0 Å². The summed E-state index contributed by atoms with van der Waals surface area (Å²) >= 11 is 0. The first-order chi connectivity index (χ1) is 9.32. The molecule has 0 atom stereocenters. The fourth-order valence-electron chi connectivity index (χ4n) is 2.46. The van der Waals surface area contributed by atoms with Crippen LogP contribution in [0, 0.1) is 5.92 Å². The van der Waals surface area contributed by atoms with E-state index in [4.69, 9.17) is 0 Å². The number of hydrogen-bond acceptors (Lipinski definition) is 3. The highest BCUT2D eigenvalue weighted by Gasteiger charge is 2.32. The molecule has 0 radical (unpaired) electrons. The summed E-state index contributed by atoms with van der Waals surface area (Å²) in [7, 11) is -3.33. The van der Waals surface area contributed by atoms with Gasteiger partial charge in [0.2, 0.25) is 0 Å². The molecule has 1 heterocycles. The molecule has 2 N–H and O–H groups in total. The fraction of sp³-hybridized carbons (Fsp3) is 1.00. The number of hydrogen-bond donors (Lipinski definition) is 2. The number of piperidine rings is 1. The zero-order valence-electron chi connectivity index (χ0n) is 13.0. The molecule has 1 aliphatic carbocycles. The molecule has 5 nitrogen and oxygen atoms in total. The second-order valence-electron chi connectivity index (χ2n) is 6.87. The standard InChI is InChI=1S/C14H29N3O2S/c1-4-14(2,3)16-20(18,19)17-9-7-12(8-10-17)11-15-13-5-6-13/h12-13,15-16H,4-11H2,1-3H3. The minimum absolute atomic E-state index is 0.372. The van der Waals surface area contributed by atoms with Gasteiger partial charge in [-0.2, -0.15) is 17.4 Å². The summed E-state index contributed by atoms with van der Waals surface area (Å²) in [6.07, 6.45) is 5.33. The van der Waals surface area contributed by atoms with Crippen molar-refractivity contribution in [2.24, 2.45) is 5.92 Å². The Morgan fingerprint density at radius 3 is 2.25 bits per heavy atom. The summed E-state index contributed by atoms with van der Waals surface area (Å²) in [5.41, 5.74) is -0.372. The smallest absolute Gasteiger partial charge is 0.279 e. The molecule has 20 heavy (non-hydrogen) atoms. The van der Waals surface area contributed by atoms with Crippen LogP contribution in [0.4, 0.5) is 0 Å². The molecule has 2 aliphatic rings. The van der Waals surface area contributed by atoms with Crippen LogP contribution in [0.25, 0.3) is 0 Å². The third-order valence-electron chi connectivity index (χ3n) is 4.48. The fourth-order valence-corrected chi connectivity index (χ4v) is 4.12. The molecule has 6 heteroatoms. The minimum atomic E-state index is -3.33. The summed E-state index contributed by atoms with van der Waals surface area (Å²) in [5, 5.41) is 3.54. The van der Waals surface area contributed by atoms with E-state index in [2.05, 4.69) is 10.0 Å². The molecule has 0 unspecified atom stereocenters. The van der Waals surface area contributed by atoms with Gasteiger partial charge in [0.05, 0.1) is 0 Å². The van der Waals surface area contributed by atoms with Crippen molar-refractivity contribution in [2.75, 3.05) is 19.6 Å². The molecule has 1 saturated heterocycles. The first kappa shape index (κ1) is 16.2. The van der Waals surface area contributed by atoms with Crippen LogP contribution in [0.5, 0.6) is 0 Å². The van der Waals surface area contributed by atoms with E-state index < -0.39 is 10.2 Å². The predicted molar refractivity (Wildman–Crippen MR) is 81.7 cm³/mol. The topological polar surface area (TPSA) is 61.4 Å². The molecule has 0 aromatic heterocycles. The molecular weight excluding hydrogens is 274 g/mol. The third-order valence-corrected chi connectivity index (χ3v) is 6.33. The second kappa shape index (κ2) is 6.30. The average Bonchev–Trinajstić information content (AvgIpc) is 3.20. The largest absolute Gasteiger partial charge is 0.314 e. The molecular formula is C14H29N3O2S. The van der Waals surface area contributed by atoms with Crippen molar-refractivity contribution in [3.8, 4) is 0 Å². The van der Waals surface area contributed by atoms with Crippen LogP contribution < -0.4 is 10.0 Å². The van der Waals surface area contributed by atoms with Gasteiger partial charge in [-0.15, -0.1) is 0 Å². The van der Waals surface area contributed by atoms with Gasteiger partial charge < -0.3 is 5.32 Å². The lowest BCUT2D eigenvalue weighted by Crippen LogP contribution is -2.52. The van der Waals surface area contributed by atoms with Gasteiger partial charge in [-0.05, 0) is 58.4 Å². The third kappa shape index (κ3) is 4.69. The Balaban J connectivity index is 1.79. The van der Waals surface area contributed by atoms with E-state index in [9.17, 15) is 8.42 Å². The summed E-state index contributed by atoms with van der Waals surface area (Å²) < 4.78 is 29.1. The Hall–Kier alpha value is -0.170. The monoisotopic (exact) mass is 303 g/mol. The van der Waals surface area contributed by atoms with Crippen LogP contribution in [0.3, 0.4) is 0 Å². The van der Waals surface area contributed by atoms with Crippen LogP contribution in [-0.2, 0) is 10.2 Å². The normalized spacial score (nSPS) is 23.1. The summed E-state index contributed by atoms with van der Waals surface area (Å²) in [4.78, 5) is 0. The van der Waals surface area contributed by atoms with Crippen molar-refractivity contribution in [2.45, 2.75) is 64.5 Å². The minimum Gasteiger partial charge on any atom is -0.314 e. The Labute approximate surface area is 123 Å².